The summed E-state index contributed by atoms with van der Waals surface area (Å²) in [5.74, 6) is 0. The summed E-state index contributed by atoms with van der Waals surface area (Å²) in [4.78, 5) is 11.8. The molecule has 124 valence electrons. The molecule has 1 fully saturated rings. The molecule has 2 N–H and O–H groups in total. The van der Waals surface area contributed by atoms with Gasteiger partial charge in [-0.3, -0.25) is 4.68 Å². The fourth-order valence-corrected chi connectivity index (χ4v) is 2.90. The van der Waals surface area contributed by atoms with Crippen molar-refractivity contribution in [1.29, 1.82) is 0 Å². The number of aromatic nitrogens is 1. The molecule has 0 atom stereocenters. The summed E-state index contributed by atoms with van der Waals surface area (Å²) >= 11 is 0. The molecule has 1 saturated carbocycles. The van der Waals surface area contributed by atoms with E-state index in [0.717, 1.165) is 25.7 Å². The highest BCUT2D eigenvalue weighted by atomic mass is 16.6. The molecule has 1 amide bonds. The average molecular weight is 307 g/mol. The van der Waals surface area contributed by atoms with E-state index >= 15 is 0 Å². The molecule has 1 aliphatic carbocycles. The molecule has 0 saturated heterocycles. The molecule has 22 heavy (non-hydrogen) atoms. The zero-order chi connectivity index (χ0) is 16.3. The predicted molar refractivity (Wildman–Crippen MR) is 88.7 cm³/mol. The molecule has 0 spiro atoms. The van der Waals surface area contributed by atoms with Crippen LogP contribution in [0.15, 0.2) is 12.1 Å². The molecule has 5 nitrogen and oxygen atoms in total. The standard InChI is InChI=1S/C17H29N3O2/c1-12-6-7-13(2)20(12)19-15-10-8-14(9-11-15)18-16(21)22-17(3,4)5/h6-7,14-15,19H,8-11H2,1-5H3,(H,18,21). The Hall–Kier alpha value is -1.65. The van der Waals surface area contributed by atoms with Crippen molar-refractivity contribution in [3.05, 3.63) is 23.5 Å². The van der Waals surface area contributed by atoms with E-state index in [9.17, 15) is 4.79 Å². The smallest absolute Gasteiger partial charge is 0.407 e. The molecule has 5 heteroatoms. The molecule has 1 aliphatic rings. The number of hydrogen-bond donors (Lipinski definition) is 2. The molecule has 1 aromatic heterocycles. The number of rotatable bonds is 3. The van der Waals surface area contributed by atoms with Crippen LogP contribution < -0.4 is 10.7 Å². The molecular weight excluding hydrogens is 278 g/mol. The minimum Gasteiger partial charge on any atom is -0.444 e. The zero-order valence-corrected chi connectivity index (χ0v) is 14.4. The predicted octanol–water partition coefficient (Wildman–Crippen LogP) is 3.48. The Labute approximate surface area is 133 Å². The lowest BCUT2D eigenvalue weighted by atomic mass is 9.92. The monoisotopic (exact) mass is 307 g/mol. The first-order valence-electron chi connectivity index (χ1n) is 8.15. The Balaban J connectivity index is 1.77. The van der Waals surface area contributed by atoms with Crippen LogP contribution >= 0.6 is 0 Å². The Morgan fingerprint density at radius 1 is 1.09 bits per heavy atom. The van der Waals surface area contributed by atoms with Crippen LogP contribution in [-0.4, -0.2) is 28.5 Å². The van der Waals surface area contributed by atoms with Crippen LogP contribution in [0.5, 0.6) is 0 Å². The highest BCUT2D eigenvalue weighted by molar-refractivity contribution is 5.68. The summed E-state index contributed by atoms with van der Waals surface area (Å²) in [5.41, 5.74) is 5.60. The van der Waals surface area contributed by atoms with Gasteiger partial charge in [0.15, 0.2) is 0 Å². The summed E-state index contributed by atoms with van der Waals surface area (Å²) in [6, 6.07) is 4.93. The Morgan fingerprint density at radius 3 is 2.09 bits per heavy atom. The maximum atomic E-state index is 11.8. The number of carbonyl (C=O) groups excluding carboxylic acids is 1. The lowest BCUT2D eigenvalue weighted by Crippen LogP contribution is -2.43. The third-order valence-corrected chi connectivity index (χ3v) is 4.03. The van der Waals surface area contributed by atoms with Gasteiger partial charge in [-0.15, -0.1) is 0 Å². The summed E-state index contributed by atoms with van der Waals surface area (Å²) < 4.78 is 7.47. The van der Waals surface area contributed by atoms with Crippen molar-refractivity contribution in [2.45, 2.75) is 78.0 Å². The number of ether oxygens (including phenoxy) is 1. The number of nitrogens with zero attached hydrogens (tertiary/aromatic N) is 1. The SMILES string of the molecule is Cc1ccc(C)n1NC1CCC(NC(=O)OC(C)(C)C)CC1. The number of hydrogen-bond acceptors (Lipinski definition) is 3. The molecular formula is C17H29N3O2. The Kier molecular flexibility index (Phi) is 5.04. The number of amides is 1. The second-order valence-corrected chi connectivity index (χ2v) is 7.28. The van der Waals surface area contributed by atoms with Crippen LogP contribution in [0.1, 0.15) is 57.8 Å². The van der Waals surface area contributed by atoms with Gasteiger partial charge in [0.25, 0.3) is 0 Å². The van der Waals surface area contributed by atoms with Gasteiger partial charge < -0.3 is 15.5 Å². The van der Waals surface area contributed by atoms with Crippen molar-refractivity contribution in [2.24, 2.45) is 0 Å². The number of nitrogens with one attached hydrogen (secondary N) is 2. The quantitative estimate of drug-likeness (QED) is 0.899. The van der Waals surface area contributed by atoms with Crippen molar-refractivity contribution >= 4 is 6.09 Å². The summed E-state index contributed by atoms with van der Waals surface area (Å²) in [6.07, 6.45) is 3.77. The second-order valence-electron chi connectivity index (χ2n) is 7.28. The maximum Gasteiger partial charge on any atom is 0.407 e. The largest absolute Gasteiger partial charge is 0.444 e. The maximum absolute atomic E-state index is 11.8. The lowest BCUT2D eigenvalue weighted by molar-refractivity contribution is 0.0491. The van der Waals surface area contributed by atoms with Crippen molar-refractivity contribution in [3.63, 3.8) is 0 Å². The van der Waals surface area contributed by atoms with E-state index in [1.807, 2.05) is 20.8 Å². The van der Waals surface area contributed by atoms with Gasteiger partial charge >= 0.3 is 6.09 Å². The van der Waals surface area contributed by atoms with Crippen molar-refractivity contribution in [2.75, 3.05) is 5.43 Å². The Morgan fingerprint density at radius 2 is 1.59 bits per heavy atom. The topological polar surface area (TPSA) is 55.3 Å². The van der Waals surface area contributed by atoms with Crippen LogP contribution in [0.2, 0.25) is 0 Å². The van der Waals surface area contributed by atoms with E-state index in [4.69, 9.17) is 4.74 Å². The first-order valence-corrected chi connectivity index (χ1v) is 8.15. The molecule has 1 heterocycles. The molecule has 2 rings (SSSR count). The number of alkyl carbamates (subject to hydrolysis) is 1. The Bertz CT molecular complexity index is 489. The van der Waals surface area contributed by atoms with Crippen molar-refractivity contribution < 1.29 is 9.53 Å². The van der Waals surface area contributed by atoms with Gasteiger partial charge in [0.2, 0.25) is 0 Å². The first kappa shape index (κ1) is 16.7. The van der Waals surface area contributed by atoms with Crippen LogP contribution in [-0.2, 0) is 4.74 Å². The van der Waals surface area contributed by atoms with E-state index in [-0.39, 0.29) is 12.1 Å². The zero-order valence-electron chi connectivity index (χ0n) is 14.4. The van der Waals surface area contributed by atoms with E-state index in [1.54, 1.807) is 0 Å². The van der Waals surface area contributed by atoms with Gasteiger partial charge in [0.1, 0.15) is 5.60 Å². The summed E-state index contributed by atoms with van der Waals surface area (Å²) in [7, 11) is 0. The van der Waals surface area contributed by atoms with Crippen LogP contribution in [0.4, 0.5) is 4.79 Å². The normalized spacial score (nSPS) is 22.2. The fraction of sp³-hybridized carbons (Fsp3) is 0.706. The van der Waals surface area contributed by atoms with Gasteiger partial charge in [-0.05, 0) is 72.4 Å². The van der Waals surface area contributed by atoms with E-state index in [2.05, 4.69) is 41.4 Å². The summed E-state index contributed by atoms with van der Waals surface area (Å²) in [6.45, 7) is 9.87. The van der Waals surface area contributed by atoms with Gasteiger partial charge in [-0.25, -0.2) is 4.79 Å². The molecule has 0 bridgehead atoms. The third kappa shape index (κ3) is 4.68. The molecule has 1 aromatic rings. The minimum absolute atomic E-state index is 0.222. The molecule has 0 radical (unpaired) electrons. The van der Waals surface area contributed by atoms with Gasteiger partial charge in [-0.1, -0.05) is 0 Å². The average Bonchev–Trinajstić information content (AvgIpc) is 2.70. The molecule has 0 aliphatic heterocycles. The number of aryl methyl sites for hydroxylation is 2. The van der Waals surface area contributed by atoms with E-state index in [1.165, 1.54) is 11.4 Å². The van der Waals surface area contributed by atoms with Gasteiger partial charge in [0, 0.05) is 23.5 Å². The lowest BCUT2D eigenvalue weighted by Gasteiger charge is -2.31. The highest BCUT2D eigenvalue weighted by Crippen LogP contribution is 2.21. The molecule has 0 aromatic carbocycles. The minimum atomic E-state index is -0.438. The van der Waals surface area contributed by atoms with Crippen LogP contribution in [0, 0.1) is 13.8 Å². The van der Waals surface area contributed by atoms with Crippen molar-refractivity contribution in [1.82, 2.24) is 9.99 Å². The van der Waals surface area contributed by atoms with Gasteiger partial charge in [-0.2, -0.15) is 0 Å². The van der Waals surface area contributed by atoms with Gasteiger partial charge in [0.05, 0.1) is 0 Å². The van der Waals surface area contributed by atoms with E-state index in [0.29, 0.717) is 6.04 Å². The first-order chi connectivity index (χ1) is 10.2. The molecule has 0 unspecified atom stereocenters. The number of carbonyl (C=O) groups is 1. The fourth-order valence-electron chi connectivity index (χ4n) is 2.90. The van der Waals surface area contributed by atoms with Crippen LogP contribution in [0.25, 0.3) is 0 Å². The summed E-state index contributed by atoms with van der Waals surface area (Å²) in [5, 5.41) is 2.98. The van der Waals surface area contributed by atoms with E-state index < -0.39 is 5.60 Å². The third-order valence-electron chi connectivity index (χ3n) is 4.03. The second kappa shape index (κ2) is 6.63. The van der Waals surface area contributed by atoms with Crippen molar-refractivity contribution in [3.8, 4) is 0 Å². The highest BCUT2D eigenvalue weighted by Gasteiger charge is 2.25. The van der Waals surface area contributed by atoms with Crippen LogP contribution in [0.3, 0.4) is 0 Å².